The number of hydrogen-bond acceptors (Lipinski definition) is 0. The van der Waals surface area contributed by atoms with E-state index in [0.29, 0.717) is 0 Å². The first kappa shape index (κ1) is 5.47. The van der Waals surface area contributed by atoms with Gasteiger partial charge < -0.3 is 0 Å². The largest absolute Gasteiger partial charge is 0.0785 e. The van der Waals surface area contributed by atoms with E-state index in [9.17, 15) is 0 Å². The monoisotopic (exact) mass is 181 g/mol. The normalized spacial score (nSPS) is 10.0. The van der Waals surface area contributed by atoms with Crippen LogP contribution in [0.5, 0.6) is 0 Å². The van der Waals surface area contributed by atoms with Gasteiger partial charge in [-0.15, -0.1) is 0 Å². The Labute approximate surface area is 46.4 Å². The van der Waals surface area contributed by atoms with Crippen LogP contribution in [-0.2, 0) is 0 Å². The summed E-state index contributed by atoms with van der Waals surface area (Å²) in [6.07, 6.45) is 2.91. The van der Waals surface area contributed by atoms with E-state index < -0.39 is 0 Å². The molecule has 0 aliphatic heterocycles. The lowest BCUT2D eigenvalue weighted by atomic mass is 10.5. The fourth-order valence-electron chi connectivity index (χ4n) is 0.0630. The summed E-state index contributed by atoms with van der Waals surface area (Å²) in [6.45, 7) is 3.58. The van der Waals surface area contributed by atoms with Crippen molar-refractivity contribution in [2.45, 2.75) is 6.42 Å². The highest BCUT2D eigenvalue weighted by Crippen LogP contribution is 1.84. The molecule has 0 atom stereocenters. The van der Waals surface area contributed by atoms with E-state index >= 15 is 0 Å². The van der Waals surface area contributed by atoms with Crippen molar-refractivity contribution in [3.8, 4) is 0 Å². The molecule has 0 saturated carbocycles. The summed E-state index contributed by atoms with van der Waals surface area (Å²) >= 11 is 2.17. The third-order valence-corrected chi connectivity index (χ3v) is 0.764. The summed E-state index contributed by atoms with van der Waals surface area (Å²) in [5, 5.41) is 0. The third kappa shape index (κ3) is 4.47. The molecular weight excluding hydrogens is 175 g/mol. The Kier molecular flexibility index (Phi) is 4.89. The number of halogens is 1. The lowest BCUT2D eigenvalue weighted by Crippen LogP contribution is -1.41. The van der Waals surface area contributed by atoms with Gasteiger partial charge >= 0.3 is 0 Å². The molecule has 0 aromatic carbocycles. The van der Waals surface area contributed by atoms with Crippen molar-refractivity contribution in [2.75, 3.05) is 0 Å². The van der Waals surface area contributed by atoms with E-state index in [2.05, 4.69) is 29.5 Å². The molecule has 0 heterocycles. The smallest absolute Gasteiger partial charge is 0.0274 e. The Hall–Kier alpha value is 0.470. The van der Waals surface area contributed by atoms with E-state index in [1.165, 1.54) is 0 Å². The lowest BCUT2D eigenvalue weighted by molar-refractivity contribution is 1.42. The lowest BCUT2D eigenvalue weighted by Gasteiger charge is -1.63. The average Bonchev–Trinajstić information content (AvgIpc) is 1.41. The average molecular weight is 181 g/mol. The molecule has 0 fully saturated rings. The van der Waals surface area contributed by atoms with Gasteiger partial charge in [0.25, 0.3) is 0 Å². The van der Waals surface area contributed by atoms with Gasteiger partial charge in [-0.2, -0.15) is 0 Å². The molecule has 0 aromatic heterocycles. The minimum absolute atomic E-state index is 0.906. The zero-order valence-electron chi connectivity index (χ0n) is 2.95. The van der Waals surface area contributed by atoms with Gasteiger partial charge in [-0.3, -0.25) is 0 Å². The first-order valence-electron chi connectivity index (χ1n) is 1.46. The van der Waals surface area contributed by atoms with Gasteiger partial charge in [-0.25, -0.2) is 0 Å². The second-order valence-corrected chi connectivity index (χ2v) is 1.37. The highest BCUT2D eigenvalue weighted by atomic mass is 127. The number of hydrogen-bond donors (Lipinski definition) is 0. The summed E-state index contributed by atoms with van der Waals surface area (Å²) in [5.74, 6) is 0. The number of rotatable bonds is 1. The molecule has 0 amide bonds. The van der Waals surface area contributed by atoms with Crippen LogP contribution in [-0.4, -0.2) is 0 Å². The predicted octanol–water partition coefficient (Wildman–Crippen LogP) is 2.16. The van der Waals surface area contributed by atoms with E-state index in [-0.39, 0.29) is 0 Å². The van der Waals surface area contributed by atoms with Gasteiger partial charge in [0.15, 0.2) is 0 Å². The van der Waals surface area contributed by atoms with Crippen LogP contribution < -0.4 is 0 Å². The molecule has 0 aliphatic rings. The van der Waals surface area contributed by atoms with Crippen LogP contribution in [0.4, 0.5) is 0 Å². The van der Waals surface area contributed by atoms with Crippen molar-refractivity contribution in [3.63, 3.8) is 0 Å². The molecule has 0 unspecified atom stereocenters. The molecule has 0 spiro atoms. The van der Waals surface area contributed by atoms with Crippen molar-refractivity contribution in [1.82, 2.24) is 0 Å². The summed E-state index contributed by atoms with van der Waals surface area (Å²) in [5.41, 5.74) is 0. The van der Waals surface area contributed by atoms with Gasteiger partial charge in [0, 0.05) is 0 Å². The van der Waals surface area contributed by atoms with Crippen LogP contribution in [0, 0.1) is 6.92 Å². The van der Waals surface area contributed by atoms with Crippen molar-refractivity contribution in [1.29, 1.82) is 0 Å². The molecule has 0 N–H and O–H groups in total. The zero-order chi connectivity index (χ0) is 4.12. The predicted molar refractivity (Wildman–Crippen MR) is 33.1 cm³/mol. The topological polar surface area (TPSA) is 0 Å². The Balaban J connectivity index is 2.62. The molecule has 1 heteroatoms. The summed E-state index contributed by atoms with van der Waals surface area (Å²) < 4.78 is 1.96. The maximum absolute atomic E-state index is 3.58. The molecule has 1 radical (unpaired) electrons. The minimum Gasteiger partial charge on any atom is -0.0785 e. The Morgan fingerprint density at radius 3 is 2.40 bits per heavy atom. The molecule has 0 aromatic rings. The van der Waals surface area contributed by atoms with Crippen LogP contribution in [0.2, 0.25) is 0 Å². The summed E-state index contributed by atoms with van der Waals surface area (Å²) in [4.78, 5) is 0. The standard InChI is InChI=1S/C4H6I/c1-2-3-4-5/h3-4H,1-2H2/b4-3+. The molecule has 29 valence electrons. The van der Waals surface area contributed by atoms with Gasteiger partial charge in [0.2, 0.25) is 0 Å². The van der Waals surface area contributed by atoms with E-state index in [1.807, 2.05) is 10.2 Å². The summed E-state index contributed by atoms with van der Waals surface area (Å²) in [6, 6.07) is 0. The quantitative estimate of drug-likeness (QED) is 0.543. The Bertz CT molecular complexity index is 30.6. The number of allylic oxidation sites excluding steroid dienone is 1. The van der Waals surface area contributed by atoms with Gasteiger partial charge in [-0.1, -0.05) is 28.7 Å². The van der Waals surface area contributed by atoms with E-state index in [1.54, 1.807) is 0 Å². The fraction of sp³-hybridized carbons (Fsp3) is 0.250. The molecular formula is C4H6I. The third-order valence-electron chi connectivity index (χ3n) is 0.256. The fourth-order valence-corrected chi connectivity index (χ4v) is 0.423. The zero-order valence-corrected chi connectivity index (χ0v) is 5.10. The second-order valence-electron chi connectivity index (χ2n) is 0.650. The minimum atomic E-state index is 0.906. The highest BCUT2D eigenvalue weighted by Gasteiger charge is 1.53. The Morgan fingerprint density at radius 1 is 1.80 bits per heavy atom. The van der Waals surface area contributed by atoms with Gasteiger partial charge in [0.05, 0.1) is 0 Å². The van der Waals surface area contributed by atoms with E-state index in [4.69, 9.17) is 0 Å². The second kappa shape index (κ2) is 4.47. The first-order chi connectivity index (χ1) is 2.41. The van der Waals surface area contributed by atoms with E-state index in [0.717, 1.165) is 6.42 Å². The van der Waals surface area contributed by atoms with Crippen molar-refractivity contribution in [2.24, 2.45) is 0 Å². The van der Waals surface area contributed by atoms with Crippen molar-refractivity contribution < 1.29 is 0 Å². The molecule has 0 nitrogen and oxygen atoms in total. The first-order valence-corrected chi connectivity index (χ1v) is 2.71. The maximum atomic E-state index is 3.58. The van der Waals surface area contributed by atoms with Crippen LogP contribution in [0.15, 0.2) is 10.2 Å². The molecule has 0 saturated heterocycles. The molecule has 0 bridgehead atoms. The maximum Gasteiger partial charge on any atom is -0.0274 e. The SMILES string of the molecule is [CH2]C/C=C/I. The molecule has 0 rings (SSSR count). The summed E-state index contributed by atoms with van der Waals surface area (Å²) in [7, 11) is 0. The van der Waals surface area contributed by atoms with Crippen LogP contribution >= 0.6 is 22.6 Å². The highest BCUT2D eigenvalue weighted by molar-refractivity contribution is 14.1. The van der Waals surface area contributed by atoms with Crippen LogP contribution in [0.3, 0.4) is 0 Å². The molecule has 0 aliphatic carbocycles. The van der Waals surface area contributed by atoms with Crippen molar-refractivity contribution >= 4 is 22.6 Å². The molecule has 5 heavy (non-hydrogen) atoms. The Morgan fingerprint density at radius 2 is 2.40 bits per heavy atom. The van der Waals surface area contributed by atoms with Gasteiger partial charge in [0.1, 0.15) is 0 Å². The van der Waals surface area contributed by atoms with Crippen LogP contribution in [0.25, 0.3) is 0 Å². The van der Waals surface area contributed by atoms with Gasteiger partial charge in [-0.05, 0) is 17.4 Å². The van der Waals surface area contributed by atoms with Crippen LogP contribution in [0.1, 0.15) is 6.42 Å². The van der Waals surface area contributed by atoms with Crippen molar-refractivity contribution in [3.05, 3.63) is 17.1 Å².